The molecule has 4 nitrogen and oxygen atoms in total. The van der Waals surface area contributed by atoms with Crippen LogP contribution in [0.25, 0.3) is 11.0 Å². The summed E-state index contributed by atoms with van der Waals surface area (Å²) in [4.78, 5) is 4.78. The number of aryl methyl sites for hydroxylation is 1. The normalized spacial score (nSPS) is 14.5. The van der Waals surface area contributed by atoms with Crippen LogP contribution in [0.1, 0.15) is 26.1 Å². The van der Waals surface area contributed by atoms with Gasteiger partial charge in [0, 0.05) is 33.2 Å². The SMILES string of the molecule is CCNC(Cc1nc2ccccc2n1C)CC(C)COC. The molecule has 0 amide bonds. The quantitative estimate of drug-likeness (QED) is 0.812. The van der Waals surface area contributed by atoms with Crippen molar-refractivity contribution in [3.05, 3.63) is 30.1 Å². The number of rotatable bonds is 8. The maximum Gasteiger partial charge on any atom is 0.111 e. The molecule has 2 atom stereocenters. The zero-order valence-electron chi connectivity index (χ0n) is 13.6. The molecule has 1 aromatic heterocycles. The van der Waals surface area contributed by atoms with E-state index >= 15 is 0 Å². The molecule has 0 aliphatic heterocycles. The van der Waals surface area contributed by atoms with Crippen LogP contribution in [0.3, 0.4) is 0 Å². The Morgan fingerprint density at radius 2 is 2.10 bits per heavy atom. The Bertz CT molecular complexity index is 564. The lowest BCUT2D eigenvalue weighted by Gasteiger charge is -2.21. The van der Waals surface area contributed by atoms with Crippen LogP contribution in [0.2, 0.25) is 0 Å². The molecule has 4 heteroatoms. The first kappa shape index (κ1) is 16.0. The molecule has 1 aromatic carbocycles. The number of aromatic nitrogens is 2. The van der Waals surface area contributed by atoms with Crippen LogP contribution in [0.15, 0.2) is 24.3 Å². The Morgan fingerprint density at radius 3 is 2.76 bits per heavy atom. The summed E-state index contributed by atoms with van der Waals surface area (Å²) < 4.78 is 7.46. The molecule has 0 bridgehead atoms. The van der Waals surface area contributed by atoms with Gasteiger partial charge in [-0.2, -0.15) is 0 Å². The van der Waals surface area contributed by atoms with Crippen molar-refractivity contribution < 1.29 is 4.74 Å². The molecule has 21 heavy (non-hydrogen) atoms. The minimum absolute atomic E-state index is 0.440. The van der Waals surface area contributed by atoms with Gasteiger partial charge in [-0.25, -0.2) is 4.98 Å². The number of imidazole rings is 1. The number of fused-ring (bicyclic) bond motifs is 1. The largest absolute Gasteiger partial charge is 0.384 e. The highest BCUT2D eigenvalue weighted by molar-refractivity contribution is 5.75. The fourth-order valence-corrected chi connectivity index (χ4v) is 2.96. The van der Waals surface area contributed by atoms with Crippen molar-refractivity contribution in [2.24, 2.45) is 13.0 Å². The highest BCUT2D eigenvalue weighted by Gasteiger charge is 2.16. The molecule has 0 saturated carbocycles. The molecule has 0 saturated heterocycles. The summed E-state index contributed by atoms with van der Waals surface area (Å²) in [6, 6.07) is 8.75. The molecule has 0 fully saturated rings. The number of hydrogen-bond acceptors (Lipinski definition) is 3. The van der Waals surface area contributed by atoms with E-state index in [2.05, 4.69) is 49.0 Å². The van der Waals surface area contributed by atoms with Crippen molar-refractivity contribution in [2.45, 2.75) is 32.7 Å². The minimum atomic E-state index is 0.440. The molecular weight excluding hydrogens is 262 g/mol. The van der Waals surface area contributed by atoms with Crippen LogP contribution in [-0.2, 0) is 18.2 Å². The van der Waals surface area contributed by atoms with Crippen LogP contribution in [-0.4, -0.2) is 35.9 Å². The van der Waals surface area contributed by atoms with Gasteiger partial charge in [-0.05, 0) is 31.0 Å². The van der Waals surface area contributed by atoms with Crippen LogP contribution in [0.5, 0.6) is 0 Å². The van der Waals surface area contributed by atoms with Crippen molar-refractivity contribution in [1.82, 2.24) is 14.9 Å². The Hall–Kier alpha value is -1.39. The summed E-state index contributed by atoms with van der Waals surface area (Å²) in [6.07, 6.45) is 2.05. The van der Waals surface area contributed by atoms with Crippen molar-refractivity contribution >= 4 is 11.0 Å². The van der Waals surface area contributed by atoms with E-state index < -0.39 is 0 Å². The number of hydrogen-bond donors (Lipinski definition) is 1. The first-order valence-corrected chi connectivity index (χ1v) is 7.78. The lowest BCUT2D eigenvalue weighted by molar-refractivity contribution is 0.149. The second kappa shape index (κ2) is 7.57. The molecule has 2 rings (SSSR count). The van der Waals surface area contributed by atoms with E-state index in [0.717, 1.165) is 37.3 Å². The van der Waals surface area contributed by atoms with E-state index in [1.807, 2.05) is 6.07 Å². The summed E-state index contributed by atoms with van der Waals surface area (Å²) in [7, 11) is 3.87. The number of nitrogens with one attached hydrogen (secondary N) is 1. The van der Waals surface area contributed by atoms with Gasteiger partial charge in [0.15, 0.2) is 0 Å². The van der Waals surface area contributed by atoms with Crippen LogP contribution in [0.4, 0.5) is 0 Å². The predicted molar refractivity (Wildman–Crippen MR) is 87.5 cm³/mol. The van der Waals surface area contributed by atoms with E-state index in [-0.39, 0.29) is 0 Å². The highest BCUT2D eigenvalue weighted by atomic mass is 16.5. The Labute approximate surface area is 127 Å². The molecule has 1 N–H and O–H groups in total. The van der Waals surface area contributed by atoms with E-state index in [1.54, 1.807) is 7.11 Å². The fraction of sp³-hybridized carbons (Fsp3) is 0.588. The van der Waals surface area contributed by atoms with Crippen molar-refractivity contribution in [3.8, 4) is 0 Å². The van der Waals surface area contributed by atoms with Gasteiger partial charge in [0.2, 0.25) is 0 Å². The third kappa shape index (κ3) is 4.05. The minimum Gasteiger partial charge on any atom is -0.384 e. The van der Waals surface area contributed by atoms with Gasteiger partial charge in [0.05, 0.1) is 11.0 Å². The predicted octanol–water partition coefficient (Wildman–Crippen LogP) is 2.77. The van der Waals surface area contributed by atoms with Gasteiger partial charge >= 0.3 is 0 Å². The zero-order valence-corrected chi connectivity index (χ0v) is 13.6. The lowest BCUT2D eigenvalue weighted by Crippen LogP contribution is -2.34. The first-order valence-electron chi connectivity index (χ1n) is 7.78. The molecule has 0 radical (unpaired) electrons. The van der Waals surface area contributed by atoms with Crippen LogP contribution >= 0.6 is 0 Å². The second-order valence-electron chi connectivity index (χ2n) is 5.83. The Kier molecular flexibility index (Phi) is 5.76. The summed E-state index contributed by atoms with van der Waals surface area (Å²) in [5, 5.41) is 3.58. The third-order valence-corrected chi connectivity index (χ3v) is 3.94. The van der Waals surface area contributed by atoms with Crippen LogP contribution < -0.4 is 5.32 Å². The van der Waals surface area contributed by atoms with Gasteiger partial charge in [0.1, 0.15) is 5.82 Å². The van der Waals surface area contributed by atoms with Crippen molar-refractivity contribution in [1.29, 1.82) is 0 Å². The van der Waals surface area contributed by atoms with Gasteiger partial charge in [-0.15, -0.1) is 0 Å². The third-order valence-electron chi connectivity index (χ3n) is 3.94. The maximum absolute atomic E-state index is 5.26. The maximum atomic E-state index is 5.26. The average molecular weight is 289 g/mol. The molecule has 2 unspecified atom stereocenters. The van der Waals surface area contributed by atoms with Crippen LogP contribution in [0, 0.1) is 5.92 Å². The highest BCUT2D eigenvalue weighted by Crippen LogP contribution is 2.17. The van der Waals surface area contributed by atoms with E-state index in [4.69, 9.17) is 9.72 Å². The Balaban J connectivity index is 2.12. The van der Waals surface area contributed by atoms with E-state index in [1.165, 1.54) is 5.52 Å². The molecule has 116 valence electrons. The zero-order chi connectivity index (χ0) is 15.2. The summed E-state index contributed by atoms with van der Waals surface area (Å²) in [5.41, 5.74) is 2.28. The number of nitrogens with zero attached hydrogens (tertiary/aromatic N) is 2. The second-order valence-corrected chi connectivity index (χ2v) is 5.83. The molecule has 0 aliphatic rings. The van der Waals surface area contributed by atoms with Crippen molar-refractivity contribution in [3.63, 3.8) is 0 Å². The lowest BCUT2D eigenvalue weighted by atomic mass is 10.00. The van der Waals surface area contributed by atoms with E-state index in [9.17, 15) is 0 Å². The topological polar surface area (TPSA) is 39.1 Å². The summed E-state index contributed by atoms with van der Waals surface area (Å²) in [6.45, 7) is 6.18. The van der Waals surface area contributed by atoms with Crippen molar-refractivity contribution in [2.75, 3.05) is 20.3 Å². The monoisotopic (exact) mass is 289 g/mol. The fourth-order valence-electron chi connectivity index (χ4n) is 2.96. The molecule has 0 aliphatic carbocycles. The van der Waals surface area contributed by atoms with Gasteiger partial charge < -0.3 is 14.6 Å². The van der Waals surface area contributed by atoms with E-state index in [0.29, 0.717) is 12.0 Å². The molecule has 0 spiro atoms. The number of ether oxygens (including phenoxy) is 1. The van der Waals surface area contributed by atoms with Gasteiger partial charge in [0.25, 0.3) is 0 Å². The number of likely N-dealkylation sites (N-methyl/N-ethyl adjacent to an activating group) is 1. The number of para-hydroxylation sites is 2. The van der Waals surface area contributed by atoms with Gasteiger partial charge in [-0.1, -0.05) is 26.0 Å². The molecular formula is C17H27N3O. The number of benzene rings is 1. The summed E-state index contributed by atoms with van der Waals surface area (Å²) in [5.74, 6) is 1.69. The Morgan fingerprint density at radius 1 is 1.33 bits per heavy atom. The van der Waals surface area contributed by atoms with Gasteiger partial charge in [-0.3, -0.25) is 0 Å². The molecule has 2 aromatic rings. The number of methoxy groups -OCH3 is 1. The first-order chi connectivity index (χ1) is 10.2. The summed E-state index contributed by atoms with van der Waals surface area (Å²) >= 11 is 0. The standard InChI is InChI=1S/C17H27N3O/c1-5-18-14(10-13(2)12-21-4)11-17-19-15-8-6-7-9-16(15)20(17)3/h6-9,13-14,18H,5,10-12H2,1-4H3. The smallest absolute Gasteiger partial charge is 0.111 e. The average Bonchev–Trinajstić information content (AvgIpc) is 2.76. The molecule has 1 heterocycles.